The number of anilines is 1. The molecule has 30 heavy (non-hydrogen) atoms. The molecule has 4 rings (SSSR count). The van der Waals surface area contributed by atoms with Crippen molar-refractivity contribution in [1.29, 1.82) is 0 Å². The Kier molecular flexibility index (Phi) is 7.41. The zero-order chi connectivity index (χ0) is 20.9. The molecule has 160 valence electrons. The third kappa shape index (κ3) is 5.41. The third-order valence-corrected chi connectivity index (χ3v) is 7.14. The lowest BCUT2D eigenvalue weighted by Crippen LogP contribution is -2.39. The SMILES string of the molecule is Cc1ccc(NC2SC=C(c3cccc(Br)c3)N2CCCN2CCOCC2)c(C)c1. The Hall–Kier alpha value is -1.47. The third-order valence-electron chi connectivity index (χ3n) is 5.66. The Morgan fingerprint density at radius 2 is 1.93 bits per heavy atom. The lowest BCUT2D eigenvalue weighted by atomic mass is 10.1. The van der Waals surface area contributed by atoms with Crippen molar-refractivity contribution in [2.24, 2.45) is 0 Å². The van der Waals surface area contributed by atoms with E-state index in [1.165, 1.54) is 28.1 Å². The Labute approximate surface area is 192 Å². The van der Waals surface area contributed by atoms with Crippen molar-refractivity contribution in [2.45, 2.75) is 25.8 Å². The molecule has 2 heterocycles. The van der Waals surface area contributed by atoms with Crippen LogP contribution in [0.15, 0.2) is 52.3 Å². The zero-order valence-electron chi connectivity index (χ0n) is 17.7. The van der Waals surface area contributed by atoms with E-state index in [1.54, 1.807) is 0 Å². The van der Waals surface area contributed by atoms with E-state index in [0.29, 0.717) is 0 Å². The van der Waals surface area contributed by atoms with Crippen LogP contribution < -0.4 is 5.32 Å². The van der Waals surface area contributed by atoms with Crippen LogP contribution in [0, 0.1) is 13.8 Å². The summed E-state index contributed by atoms with van der Waals surface area (Å²) in [4.78, 5) is 5.04. The van der Waals surface area contributed by atoms with Gasteiger partial charge in [0.1, 0.15) is 0 Å². The molecule has 1 N–H and O–H groups in total. The molecule has 0 spiro atoms. The van der Waals surface area contributed by atoms with Crippen molar-refractivity contribution >= 4 is 39.1 Å². The van der Waals surface area contributed by atoms with Crippen LogP contribution >= 0.6 is 27.7 Å². The second-order valence-electron chi connectivity index (χ2n) is 7.97. The number of aryl methyl sites for hydroxylation is 2. The van der Waals surface area contributed by atoms with Crippen molar-refractivity contribution in [1.82, 2.24) is 9.80 Å². The first-order valence-electron chi connectivity index (χ1n) is 10.6. The largest absolute Gasteiger partial charge is 0.379 e. The fourth-order valence-electron chi connectivity index (χ4n) is 4.03. The van der Waals surface area contributed by atoms with E-state index in [4.69, 9.17) is 4.74 Å². The molecule has 2 aliphatic rings. The second kappa shape index (κ2) is 10.2. The zero-order valence-corrected chi connectivity index (χ0v) is 20.1. The molecular weight excluding hydrogens is 458 g/mol. The Bertz CT molecular complexity index is 898. The number of hydrogen-bond donors (Lipinski definition) is 1. The van der Waals surface area contributed by atoms with Gasteiger partial charge < -0.3 is 15.0 Å². The van der Waals surface area contributed by atoms with Crippen LogP contribution in [0.1, 0.15) is 23.1 Å². The molecule has 2 aliphatic heterocycles. The predicted molar refractivity (Wildman–Crippen MR) is 132 cm³/mol. The van der Waals surface area contributed by atoms with Crippen molar-refractivity contribution in [3.05, 3.63) is 69.0 Å². The molecule has 6 heteroatoms. The molecule has 0 radical (unpaired) electrons. The maximum absolute atomic E-state index is 5.49. The van der Waals surface area contributed by atoms with Gasteiger partial charge in [-0.2, -0.15) is 0 Å². The van der Waals surface area contributed by atoms with Crippen molar-refractivity contribution in [3.8, 4) is 0 Å². The van der Waals surface area contributed by atoms with Crippen molar-refractivity contribution in [3.63, 3.8) is 0 Å². The molecule has 2 aromatic carbocycles. The summed E-state index contributed by atoms with van der Waals surface area (Å²) in [6.07, 6.45) is 1.14. The highest BCUT2D eigenvalue weighted by atomic mass is 79.9. The number of halogens is 1. The minimum atomic E-state index is 0.199. The molecule has 1 atom stereocenters. The van der Waals surface area contributed by atoms with E-state index >= 15 is 0 Å². The lowest BCUT2D eigenvalue weighted by molar-refractivity contribution is 0.0367. The summed E-state index contributed by atoms with van der Waals surface area (Å²) in [5, 5.41) is 6.08. The summed E-state index contributed by atoms with van der Waals surface area (Å²) in [5.41, 5.74) is 6.55. The summed E-state index contributed by atoms with van der Waals surface area (Å²) >= 11 is 5.49. The van der Waals surface area contributed by atoms with Crippen LogP contribution in [-0.2, 0) is 4.74 Å². The fourth-order valence-corrected chi connectivity index (χ4v) is 5.52. The van der Waals surface area contributed by atoms with Gasteiger partial charge in [-0.15, -0.1) is 0 Å². The maximum atomic E-state index is 5.49. The number of benzene rings is 2. The first-order chi connectivity index (χ1) is 14.6. The number of hydrogen-bond acceptors (Lipinski definition) is 5. The van der Waals surface area contributed by atoms with Gasteiger partial charge in [-0.1, -0.05) is 57.5 Å². The molecular formula is C24H30BrN3OS. The maximum Gasteiger partial charge on any atom is 0.152 e. The van der Waals surface area contributed by atoms with Gasteiger partial charge in [0.15, 0.2) is 5.50 Å². The molecule has 1 saturated heterocycles. The highest BCUT2D eigenvalue weighted by Crippen LogP contribution is 2.38. The van der Waals surface area contributed by atoms with E-state index in [2.05, 4.69) is 92.8 Å². The normalized spacial score (nSPS) is 19.8. The quantitative estimate of drug-likeness (QED) is 0.553. The van der Waals surface area contributed by atoms with Crippen LogP contribution in [0.25, 0.3) is 5.70 Å². The Balaban J connectivity index is 1.48. The minimum Gasteiger partial charge on any atom is -0.379 e. The first-order valence-corrected chi connectivity index (χ1v) is 12.4. The Morgan fingerprint density at radius 3 is 2.70 bits per heavy atom. The van der Waals surface area contributed by atoms with Crippen LogP contribution in [0.5, 0.6) is 0 Å². The molecule has 1 fully saturated rings. The number of nitrogens with zero attached hydrogens (tertiary/aromatic N) is 2. The lowest BCUT2D eigenvalue weighted by Gasteiger charge is -2.32. The van der Waals surface area contributed by atoms with Crippen molar-refractivity contribution < 1.29 is 4.74 Å². The van der Waals surface area contributed by atoms with Gasteiger partial charge in [0, 0.05) is 36.3 Å². The van der Waals surface area contributed by atoms with Gasteiger partial charge in [0.25, 0.3) is 0 Å². The van der Waals surface area contributed by atoms with E-state index in [1.807, 2.05) is 11.8 Å². The molecule has 2 aromatic rings. The fraction of sp³-hybridized carbons (Fsp3) is 0.417. The average Bonchev–Trinajstić information content (AvgIpc) is 3.13. The number of thioether (sulfide) groups is 1. The second-order valence-corrected chi connectivity index (χ2v) is 9.84. The van der Waals surface area contributed by atoms with Gasteiger partial charge >= 0.3 is 0 Å². The molecule has 4 nitrogen and oxygen atoms in total. The van der Waals surface area contributed by atoms with Crippen molar-refractivity contribution in [2.75, 3.05) is 44.7 Å². The monoisotopic (exact) mass is 487 g/mol. The van der Waals surface area contributed by atoms with Gasteiger partial charge in [0.2, 0.25) is 0 Å². The standard InChI is InChI=1S/C24H30BrN3OS/c1-18-7-8-22(19(2)15-18)26-24-28(10-4-9-27-11-13-29-14-12-27)23(17-30-24)20-5-3-6-21(25)16-20/h3,5-8,15-17,24,26H,4,9-14H2,1-2H3. The van der Waals surface area contributed by atoms with Crippen LogP contribution in [0.3, 0.4) is 0 Å². The van der Waals surface area contributed by atoms with Gasteiger partial charge in [0.05, 0.1) is 18.9 Å². The Morgan fingerprint density at radius 1 is 1.10 bits per heavy atom. The smallest absolute Gasteiger partial charge is 0.152 e. The van der Waals surface area contributed by atoms with Crippen LogP contribution in [0.2, 0.25) is 0 Å². The summed E-state index contributed by atoms with van der Waals surface area (Å²) in [6, 6.07) is 15.2. The predicted octanol–water partition coefficient (Wildman–Crippen LogP) is 5.53. The van der Waals surface area contributed by atoms with Crippen LogP contribution in [0.4, 0.5) is 5.69 Å². The van der Waals surface area contributed by atoms with E-state index < -0.39 is 0 Å². The number of morpholine rings is 1. The molecule has 0 aromatic heterocycles. The summed E-state index contributed by atoms with van der Waals surface area (Å²) in [6.45, 7) is 10.3. The number of rotatable bonds is 7. The summed E-state index contributed by atoms with van der Waals surface area (Å²) in [5.74, 6) is 0. The topological polar surface area (TPSA) is 27.7 Å². The van der Waals surface area contributed by atoms with Crippen LogP contribution in [-0.4, -0.2) is 54.7 Å². The molecule has 1 unspecified atom stereocenters. The van der Waals surface area contributed by atoms with Gasteiger partial charge in [-0.3, -0.25) is 4.90 Å². The summed E-state index contributed by atoms with van der Waals surface area (Å²) < 4.78 is 6.61. The molecule has 0 amide bonds. The van der Waals surface area contributed by atoms with E-state index in [0.717, 1.165) is 50.3 Å². The molecule has 0 bridgehead atoms. The highest BCUT2D eigenvalue weighted by Gasteiger charge is 2.28. The first kappa shape index (κ1) is 21.8. The van der Waals surface area contributed by atoms with Gasteiger partial charge in [-0.05, 0) is 55.0 Å². The van der Waals surface area contributed by atoms with E-state index in [-0.39, 0.29) is 5.50 Å². The minimum absolute atomic E-state index is 0.199. The average molecular weight is 488 g/mol. The number of nitrogens with one attached hydrogen (secondary N) is 1. The van der Waals surface area contributed by atoms with Gasteiger partial charge in [-0.25, -0.2) is 0 Å². The molecule has 0 aliphatic carbocycles. The number of ether oxygens (including phenoxy) is 1. The summed E-state index contributed by atoms with van der Waals surface area (Å²) in [7, 11) is 0. The molecule has 0 saturated carbocycles. The highest BCUT2D eigenvalue weighted by molar-refractivity contribution is 9.10. The van der Waals surface area contributed by atoms with E-state index in [9.17, 15) is 0 Å².